The lowest BCUT2D eigenvalue weighted by molar-refractivity contribution is 0.262. The monoisotopic (exact) mass is 314 g/mol. The van der Waals surface area contributed by atoms with E-state index in [9.17, 15) is 8.42 Å². The van der Waals surface area contributed by atoms with E-state index in [1.807, 2.05) is 0 Å². The SMILES string of the molecule is CCCC1CCN(S(=O)(=O)c2c(CNC)n[nH]c2C)CC1. The van der Waals surface area contributed by atoms with Gasteiger partial charge < -0.3 is 5.32 Å². The summed E-state index contributed by atoms with van der Waals surface area (Å²) in [7, 11) is -1.65. The maximum Gasteiger partial charge on any atom is 0.246 e. The molecule has 7 heteroatoms. The minimum absolute atomic E-state index is 0.353. The molecule has 0 radical (unpaired) electrons. The zero-order valence-electron chi connectivity index (χ0n) is 13.1. The smallest absolute Gasteiger partial charge is 0.246 e. The number of hydrogen-bond donors (Lipinski definition) is 2. The summed E-state index contributed by atoms with van der Waals surface area (Å²) in [4.78, 5) is 0.353. The van der Waals surface area contributed by atoms with E-state index in [1.165, 1.54) is 12.8 Å². The Morgan fingerprint density at radius 2 is 2.05 bits per heavy atom. The number of aromatic nitrogens is 2. The van der Waals surface area contributed by atoms with Crippen molar-refractivity contribution in [1.29, 1.82) is 0 Å². The molecule has 0 atom stereocenters. The van der Waals surface area contributed by atoms with Gasteiger partial charge in [-0.05, 0) is 32.7 Å². The Morgan fingerprint density at radius 1 is 1.38 bits per heavy atom. The lowest BCUT2D eigenvalue weighted by Crippen LogP contribution is -2.39. The Balaban J connectivity index is 2.18. The van der Waals surface area contributed by atoms with Crippen molar-refractivity contribution in [3.8, 4) is 0 Å². The molecule has 1 fully saturated rings. The van der Waals surface area contributed by atoms with Crippen LogP contribution in [0.2, 0.25) is 0 Å². The molecule has 120 valence electrons. The molecule has 0 aromatic carbocycles. The number of rotatable bonds is 6. The van der Waals surface area contributed by atoms with Crippen molar-refractivity contribution in [3.05, 3.63) is 11.4 Å². The normalized spacial score (nSPS) is 18.2. The van der Waals surface area contributed by atoms with Gasteiger partial charge in [-0.1, -0.05) is 19.8 Å². The standard InChI is InChI=1S/C14H26N4O2S/c1-4-5-12-6-8-18(9-7-12)21(19,20)14-11(2)16-17-13(14)10-15-3/h12,15H,4-10H2,1-3H3,(H,16,17). The zero-order chi connectivity index (χ0) is 15.5. The van der Waals surface area contributed by atoms with Gasteiger partial charge in [-0.3, -0.25) is 5.10 Å². The largest absolute Gasteiger partial charge is 0.314 e. The van der Waals surface area contributed by atoms with E-state index in [-0.39, 0.29) is 0 Å². The zero-order valence-corrected chi connectivity index (χ0v) is 14.0. The molecule has 0 saturated carbocycles. The molecule has 2 heterocycles. The van der Waals surface area contributed by atoms with Crippen LogP contribution in [0.3, 0.4) is 0 Å². The van der Waals surface area contributed by atoms with Crippen molar-refractivity contribution in [2.24, 2.45) is 5.92 Å². The quantitative estimate of drug-likeness (QED) is 0.837. The first-order valence-corrected chi connectivity index (χ1v) is 9.13. The van der Waals surface area contributed by atoms with E-state index in [0.29, 0.717) is 41.8 Å². The van der Waals surface area contributed by atoms with Gasteiger partial charge in [0.05, 0.1) is 11.4 Å². The molecular weight excluding hydrogens is 288 g/mol. The number of aryl methyl sites for hydroxylation is 1. The van der Waals surface area contributed by atoms with Gasteiger partial charge in [-0.2, -0.15) is 9.40 Å². The van der Waals surface area contributed by atoms with Crippen LogP contribution in [0.25, 0.3) is 0 Å². The van der Waals surface area contributed by atoms with E-state index in [2.05, 4.69) is 22.4 Å². The molecule has 1 aromatic heterocycles. The summed E-state index contributed by atoms with van der Waals surface area (Å²) < 4.78 is 27.4. The molecule has 1 aliphatic heterocycles. The molecule has 0 aliphatic carbocycles. The third-order valence-corrected chi connectivity index (χ3v) is 6.28. The lowest BCUT2D eigenvalue weighted by Gasteiger charge is -2.31. The first-order chi connectivity index (χ1) is 10.0. The number of nitrogens with one attached hydrogen (secondary N) is 2. The third kappa shape index (κ3) is 3.46. The van der Waals surface area contributed by atoms with Crippen molar-refractivity contribution in [2.45, 2.75) is 51.0 Å². The van der Waals surface area contributed by atoms with Gasteiger partial charge >= 0.3 is 0 Å². The highest BCUT2D eigenvalue weighted by molar-refractivity contribution is 7.89. The van der Waals surface area contributed by atoms with Gasteiger partial charge in [0.1, 0.15) is 4.90 Å². The molecule has 0 amide bonds. The number of nitrogens with zero attached hydrogens (tertiary/aromatic N) is 2. The van der Waals surface area contributed by atoms with Crippen molar-refractivity contribution < 1.29 is 8.42 Å². The van der Waals surface area contributed by atoms with Crippen LogP contribution in [0.1, 0.15) is 44.0 Å². The second kappa shape index (κ2) is 6.89. The van der Waals surface area contributed by atoms with Crippen LogP contribution < -0.4 is 5.32 Å². The summed E-state index contributed by atoms with van der Waals surface area (Å²) in [6.45, 7) is 5.64. The Morgan fingerprint density at radius 3 is 2.62 bits per heavy atom. The summed E-state index contributed by atoms with van der Waals surface area (Å²) in [6.07, 6.45) is 4.30. The van der Waals surface area contributed by atoms with Crippen LogP contribution in [0.15, 0.2) is 4.90 Å². The highest BCUT2D eigenvalue weighted by atomic mass is 32.2. The molecule has 0 spiro atoms. The number of H-pyrrole nitrogens is 1. The maximum absolute atomic E-state index is 12.9. The molecule has 6 nitrogen and oxygen atoms in total. The number of sulfonamides is 1. The molecule has 1 aliphatic rings. The van der Waals surface area contributed by atoms with Gasteiger partial charge in [0.25, 0.3) is 0 Å². The minimum Gasteiger partial charge on any atom is -0.314 e. The van der Waals surface area contributed by atoms with Gasteiger partial charge in [-0.15, -0.1) is 0 Å². The predicted octanol–water partition coefficient (Wildman–Crippen LogP) is 1.64. The van der Waals surface area contributed by atoms with Crippen LogP contribution in [-0.2, 0) is 16.6 Å². The third-order valence-electron chi connectivity index (χ3n) is 4.17. The van der Waals surface area contributed by atoms with Gasteiger partial charge in [-0.25, -0.2) is 8.42 Å². The Labute approximate surface area is 127 Å². The average molecular weight is 314 g/mol. The molecular formula is C14H26N4O2S. The summed E-state index contributed by atoms with van der Waals surface area (Å²) in [5.74, 6) is 0.670. The van der Waals surface area contributed by atoms with E-state index < -0.39 is 10.0 Å². The van der Waals surface area contributed by atoms with E-state index in [0.717, 1.165) is 12.8 Å². The summed E-state index contributed by atoms with van der Waals surface area (Å²) >= 11 is 0. The van der Waals surface area contributed by atoms with Crippen LogP contribution in [-0.4, -0.2) is 43.1 Å². The highest BCUT2D eigenvalue weighted by Gasteiger charge is 2.33. The summed E-state index contributed by atoms with van der Waals surface area (Å²) in [6, 6.07) is 0. The molecule has 1 aromatic rings. The summed E-state index contributed by atoms with van der Waals surface area (Å²) in [5, 5.41) is 9.89. The topological polar surface area (TPSA) is 78.1 Å². The molecule has 2 N–H and O–H groups in total. The fraction of sp³-hybridized carbons (Fsp3) is 0.786. The first-order valence-electron chi connectivity index (χ1n) is 7.69. The number of aromatic amines is 1. The van der Waals surface area contributed by atoms with Crippen molar-refractivity contribution >= 4 is 10.0 Å². The fourth-order valence-corrected chi connectivity index (χ4v) is 4.87. The van der Waals surface area contributed by atoms with Gasteiger partial charge in [0, 0.05) is 19.6 Å². The minimum atomic E-state index is -3.44. The predicted molar refractivity (Wildman–Crippen MR) is 82.5 cm³/mol. The van der Waals surface area contributed by atoms with E-state index in [1.54, 1.807) is 18.3 Å². The Kier molecular flexibility index (Phi) is 5.40. The highest BCUT2D eigenvalue weighted by Crippen LogP contribution is 2.28. The molecule has 2 rings (SSSR count). The number of hydrogen-bond acceptors (Lipinski definition) is 4. The Hall–Kier alpha value is -0.920. The second-order valence-corrected chi connectivity index (χ2v) is 7.67. The average Bonchev–Trinajstić information content (AvgIpc) is 2.82. The summed E-state index contributed by atoms with van der Waals surface area (Å²) in [5.41, 5.74) is 1.20. The van der Waals surface area contributed by atoms with Crippen LogP contribution in [0.4, 0.5) is 0 Å². The van der Waals surface area contributed by atoms with E-state index >= 15 is 0 Å². The fourth-order valence-electron chi connectivity index (χ4n) is 3.07. The van der Waals surface area contributed by atoms with Crippen molar-refractivity contribution in [2.75, 3.05) is 20.1 Å². The van der Waals surface area contributed by atoms with Crippen LogP contribution in [0, 0.1) is 12.8 Å². The first kappa shape index (κ1) is 16.5. The molecule has 1 saturated heterocycles. The number of piperidine rings is 1. The van der Waals surface area contributed by atoms with Crippen LogP contribution >= 0.6 is 0 Å². The van der Waals surface area contributed by atoms with Crippen molar-refractivity contribution in [1.82, 2.24) is 19.8 Å². The van der Waals surface area contributed by atoms with Crippen LogP contribution in [0.5, 0.6) is 0 Å². The maximum atomic E-state index is 12.9. The molecule has 0 unspecified atom stereocenters. The Bertz CT molecular complexity index is 560. The molecule has 0 bridgehead atoms. The van der Waals surface area contributed by atoms with E-state index in [4.69, 9.17) is 0 Å². The van der Waals surface area contributed by atoms with Crippen molar-refractivity contribution in [3.63, 3.8) is 0 Å². The van der Waals surface area contributed by atoms with Gasteiger partial charge in [0.15, 0.2) is 0 Å². The molecule has 21 heavy (non-hydrogen) atoms. The lowest BCUT2D eigenvalue weighted by atomic mass is 9.94. The second-order valence-electron chi connectivity index (χ2n) is 5.79. The van der Waals surface area contributed by atoms with Gasteiger partial charge in [0.2, 0.25) is 10.0 Å².